The van der Waals surface area contributed by atoms with Crippen molar-refractivity contribution < 1.29 is 0 Å². The van der Waals surface area contributed by atoms with Crippen LogP contribution in [0.5, 0.6) is 0 Å². The van der Waals surface area contributed by atoms with E-state index in [1.165, 1.54) is 0 Å². The quantitative estimate of drug-likeness (QED) is 0.688. The molecule has 0 radical (unpaired) electrons. The number of aromatic nitrogens is 1. The van der Waals surface area contributed by atoms with Crippen molar-refractivity contribution in [2.24, 2.45) is 5.73 Å². The van der Waals surface area contributed by atoms with Gasteiger partial charge in [-0.2, -0.15) is 5.26 Å². The van der Waals surface area contributed by atoms with Crippen LogP contribution in [0.25, 0.3) is 0 Å². The van der Waals surface area contributed by atoms with Crippen LogP contribution in [-0.2, 0) is 0 Å². The third-order valence-corrected chi connectivity index (χ3v) is 1.63. The van der Waals surface area contributed by atoms with Gasteiger partial charge in [-0.1, -0.05) is 12.2 Å². The fourth-order valence-electron chi connectivity index (χ4n) is 0.985. The van der Waals surface area contributed by atoms with Crippen molar-refractivity contribution >= 4 is 5.69 Å². The van der Waals surface area contributed by atoms with E-state index in [9.17, 15) is 0 Å². The van der Waals surface area contributed by atoms with Gasteiger partial charge in [0.1, 0.15) is 6.07 Å². The molecule has 1 aromatic heterocycles. The van der Waals surface area contributed by atoms with Gasteiger partial charge in [-0.25, -0.2) is 4.98 Å². The molecule has 0 fully saturated rings. The maximum atomic E-state index is 8.73. The summed E-state index contributed by atoms with van der Waals surface area (Å²) in [4.78, 5) is 3.92. The molecule has 14 heavy (non-hydrogen) atoms. The minimum atomic E-state index is 0.411. The highest BCUT2D eigenvalue weighted by atomic mass is 14.9. The van der Waals surface area contributed by atoms with Gasteiger partial charge in [0, 0.05) is 19.3 Å². The van der Waals surface area contributed by atoms with Crippen molar-refractivity contribution in [2.45, 2.75) is 0 Å². The first-order chi connectivity index (χ1) is 6.88. The van der Waals surface area contributed by atoms with Crippen molar-refractivity contribution in [1.29, 1.82) is 5.26 Å². The number of hydrogen-bond acceptors (Lipinski definition) is 4. The average molecular weight is 188 g/mol. The third-order valence-electron chi connectivity index (χ3n) is 1.63. The van der Waals surface area contributed by atoms with Crippen LogP contribution in [-0.4, -0.2) is 18.1 Å². The van der Waals surface area contributed by atoms with Crippen molar-refractivity contribution in [3.63, 3.8) is 0 Å². The van der Waals surface area contributed by atoms with Gasteiger partial charge in [-0.15, -0.1) is 0 Å². The van der Waals surface area contributed by atoms with Crippen LogP contribution in [0.1, 0.15) is 5.69 Å². The van der Waals surface area contributed by atoms with Crippen LogP contribution in [0.4, 0.5) is 5.69 Å². The zero-order valence-corrected chi connectivity index (χ0v) is 7.77. The maximum absolute atomic E-state index is 8.73. The van der Waals surface area contributed by atoms with Gasteiger partial charge in [0.05, 0.1) is 5.69 Å². The molecule has 1 aromatic rings. The van der Waals surface area contributed by atoms with Gasteiger partial charge in [0.25, 0.3) is 0 Å². The molecule has 0 saturated heterocycles. The molecule has 1 rings (SSSR count). The largest absolute Gasteiger partial charge is 0.379 e. The molecule has 0 spiro atoms. The molecule has 0 saturated carbocycles. The van der Waals surface area contributed by atoms with E-state index in [2.05, 4.69) is 10.3 Å². The lowest BCUT2D eigenvalue weighted by atomic mass is 10.3. The summed E-state index contributed by atoms with van der Waals surface area (Å²) in [5.74, 6) is 0. The lowest BCUT2D eigenvalue weighted by Gasteiger charge is -2.03. The van der Waals surface area contributed by atoms with Crippen molar-refractivity contribution in [3.05, 3.63) is 36.2 Å². The lowest BCUT2D eigenvalue weighted by Crippen LogP contribution is -2.02. The average Bonchev–Trinajstić information content (AvgIpc) is 2.25. The molecule has 0 unspecified atom stereocenters. The summed E-state index contributed by atoms with van der Waals surface area (Å²) in [6.45, 7) is 1.18. The topological polar surface area (TPSA) is 74.7 Å². The van der Waals surface area contributed by atoms with E-state index < -0.39 is 0 Å². The number of nitrogens with zero attached hydrogens (tertiary/aromatic N) is 2. The first-order valence-electron chi connectivity index (χ1n) is 4.32. The van der Waals surface area contributed by atoms with Gasteiger partial charge >= 0.3 is 0 Å². The Morgan fingerprint density at radius 1 is 1.57 bits per heavy atom. The van der Waals surface area contributed by atoms with Gasteiger partial charge in [-0.3, -0.25) is 0 Å². The second-order valence-corrected chi connectivity index (χ2v) is 2.60. The summed E-state index contributed by atoms with van der Waals surface area (Å²) in [5.41, 5.74) is 6.44. The first-order valence-corrected chi connectivity index (χ1v) is 4.32. The Morgan fingerprint density at radius 2 is 2.43 bits per heavy atom. The van der Waals surface area contributed by atoms with Crippen LogP contribution in [0.2, 0.25) is 0 Å². The number of pyridine rings is 1. The van der Waals surface area contributed by atoms with Crippen LogP contribution in [0.3, 0.4) is 0 Å². The predicted octanol–water partition coefficient (Wildman–Crippen LogP) is 0.880. The second-order valence-electron chi connectivity index (χ2n) is 2.60. The van der Waals surface area contributed by atoms with Crippen LogP contribution < -0.4 is 11.1 Å². The monoisotopic (exact) mass is 188 g/mol. The van der Waals surface area contributed by atoms with E-state index in [0.29, 0.717) is 18.8 Å². The van der Waals surface area contributed by atoms with Crippen LogP contribution in [0, 0.1) is 11.3 Å². The summed E-state index contributed by atoms with van der Waals surface area (Å²) in [6, 6.07) is 5.62. The van der Waals surface area contributed by atoms with Crippen LogP contribution in [0.15, 0.2) is 30.5 Å². The number of nitrogens with one attached hydrogen (secondary N) is 1. The summed E-state index contributed by atoms with van der Waals surface area (Å²) >= 11 is 0. The number of anilines is 1. The SMILES string of the molecule is N#Cc1ncccc1NC/C=C/CN. The Hall–Kier alpha value is -1.86. The Kier molecular flexibility index (Phi) is 4.18. The number of nitrogens with two attached hydrogens (primary N) is 1. The minimum Gasteiger partial charge on any atom is -0.379 e. The van der Waals surface area contributed by atoms with E-state index in [0.717, 1.165) is 5.69 Å². The van der Waals surface area contributed by atoms with Crippen molar-refractivity contribution in [2.75, 3.05) is 18.4 Å². The molecule has 0 amide bonds. The standard InChI is InChI=1S/C10H12N4/c11-5-1-2-6-13-9-4-3-7-14-10(9)8-12/h1-4,7,13H,5-6,11H2/b2-1+. The first kappa shape index (κ1) is 10.2. The lowest BCUT2D eigenvalue weighted by molar-refractivity contribution is 1.20. The molecule has 4 nitrogen and oxygen atoms in total. The van der Waals surface area contributed by atoms with E-state index in [-0.39, 0.29) is 0 Å². The molecule has 0 atom stereocenters. The van der Waals surface area contributed by atoms with Crippen LogP contribution >= 0.6 is 0 Å². The molecule has 0 aliphatic heterocycles. The molecule has 0 bridgehead atoms. The Balaban J connectivity index is 2.59. The van der Waals surface area contributed by atoms with Crippen molar-refractivity contribution in [1.82, 2.24) is 4.98 Å². The molecule has 0 aliphatic rings. The fourth-order valence-corrected chi connectivity index (χ4v) is 0.985. The molecule has 3 N–H and O–H groups in total. The molecular weight excluding hydrogens is 176 g/mol. The maximum Gasteiger partial charge on any atom is 0.163 e. The Labute approximate surface area is 83.1 Å². The van der Waals surface area contributed by atoms with Gasteiger partial charge < -0.3 is 11.1 Å². The summed E-state index contributed by atoms with van der Waals surface area (Å²) < 4.78 is 0. The molecule has 4 heteroatoms. The molecule has 1 heterocycles. The highest BCUT2D eigenvalue weighted by Gasteiger charge is 1.98. The normalized spacial score (nSPS) is 10.0. The minimum absolute atomic E-state index is 0.411. The summed E-state index contributed by atoms with van der Waals surface area (Å²) in [6.07, 6.45) is 5.36. The second kappa shape index (κ2) is 5.73. The predicted molar refractivity (Wildman–Crippen MR) is 55.6 cm³/mol. The summed E-state index contributed by atoms with van der Waals surface area (Å²) in [7, 11) is 0. The third kappa shape index (κ3) is 2.88. The summed E-state index contributed by atoms with van der Waals surface area (Å²) in [5, 5.41) is 11.8. The van der Waals surface area contributed by atoms with E-state index in [1.54, 1.807) is 12.3 Å². The zero-order valence-electron chi connectivity index (χ0n) is 7.77. The zero-order chi connectivity index (χ0) is 10.2. The Morgan fingerprint density at radius 3 is 3.14 bits per heavy atom. The van der Waals surface area contributed by atoms with Gasteiger partial charge in [0.15, 0.2) is 5.69 Å². The molecule has 0 aliphatic carbocycles. The van der Waals surface area contributed by atoms with E-state index in [4.69, 9.17) is 11.0 Å². The van der Waals surface area contributed by atoms with Gasteiger partial charge in [0.2, 0.25) is 0 Å². The highest BCUT2D eigenvalue weighted by molar-refractivity contribution is 5.53. The molecule has 0 aromatic carbocycles. The smallest absolute Gasteiger partial charge is 0.163 e. The number of rotatable bonds is 4. The van der Waals surface area contributed by atoms with Crippen molar-refractivity contribution in [3.8, 4) is 6.07 Å². The number of hydrogen-bond donors (Lipinski definition) is 2. The molecule has 72 valence electrons. The molecular formula is C10H12N4. The van der Waals surface area contributed by atoms with E-state index >= 15 is 0 Å². The highest BCUT2D eigenvalue weighted by Crippen LogP contribution is 2.09. The Bertz CT molecular complexity index is 351. The van der Waals surface area contributed by atoms with Gasteiger partial charge in [-0.05, 0) is 12.1 Å². The van der Waals surface area contributed by atoms with E-state index in [1.807, 2.05) is 24.3 Å². The number of nitriles is 1. The fraction of sp³-hybridized carbons (Fsp3) is 0.200.